The van der Waals surface area contributed by atoms with E-state index in [9.17, 15) is 4.79 Å². The van der Waals surface area contributed by atoms with E-state index >= 15 is 0 Å². The Labute approximate surface area is 107 Å². The molecular weight excluding hydrogens is 234 g/mol. The summed E-state index contributed by atoms with van der Waals surface area (Å²) in [4.78, 5) is 16.3. The molecule has 1 aromatic rings. The Kier molecular flexibility index (Phi) is 4.57. The van der Waals surface area contributed by atoms with Gasteiger partial charge in [-0.05, 0) is 25.0 Å². The molecule has 4 nitrogen and oxygen atoms in total. The van der Waals surface area contributed by atoms with Gasteiger partial charge in [0.1, 0.15) is 0 Å². The minimum atomic E-state index is -0.293. The van der Waals surface area contributed by atoms with E-state index in [0.29, 0.717) is 10.6 Å². The van der Waals surface area contributed by atoms with Crippen molar-refractivity contribution in [3.63, 3.8) is 0 Å². The topological polar surface area (TPSA) is 68.0 Å². The molecule has 17 heavy (non-hydrogen) atoms. The molecule has 1 atom stereocenters. The van der Waals surface area contributed by atoms with E-state index in [4.69, 9.17) is 18.0 Å². The molecular formula is C12H17N3OS. The fourth-order valence-corrected chi connectivity index (χ4v) is 1.72. The Morgan fingerprint density at radius 2 is 2.12 bits per heavy atom. The van der Waals surface area contributed by atoms with Gasteiger partial charge in [-0.25, -0.2) is 0 Å². The van der Waals surface area contributed by atoms with Gasteiger partial charge in [0.15, 0.2) is 0 Å². The van der Waals surface area contributed by atoms with Gasteiger partial charge in [-0.2, -0.15) is 0 Å². The van der Waals surface area contributed by atoms with Crippen LogP contribution < -0.4 is 11.1 Å². The summed E-state index contributed by atoms with van der Waals surface area (Å²) in [7, 11) is 0. The SMILES string of the molecule is Cc1ccc(C(=O)NC(C(N)=S)C(C)C)cn1. The van der Waals surface area contributed by atoms with Crippen molar-refractivity contribution in [2.75, 3.05) is 0 Å². The number of pyridine rings is 1. The van der Waals surface area contributed by atoms with E-state index in [-0.39, 0.29) is 17.9 Å². The van der Waals surface area contributed by atoms with Crippen LogP contribution in [0.3, 0.4) is 0 Å². The second-order valence-electron chi connectivity index (χ2n) is 4.29. The molecule has 1 aromatic heterocycles. The number of carbonyl (C=O) groups is 1. The van der Waals surface area contributed by atoms with Gasteiger partial charge in [0.2, 0.25) is 0 Å². The minimum Gasteiger partial charge on any atom is -0.392 e. The molecule has 0 aliphatic rings. The number of nitrogens with two attached hydrogens (primary N) is 1. The van der Waals surface area contributed by atoms with Crippen LogP contribution in [0.4, 0.5) is 0 Å². The summed E-state index contributed by atoms with van der Waals surface area (Å²) in [6, 6.07) is 3.23. The second kappa shape index (κ2) is 5.72. The molecule has 1 rings (SSSR count). The highest BCUT2D eigenvalue weighted by Crippen LogP contribution is 2.05. The third kappa shape index (κ3) is 3.78. The summed E-state index contributed by atoms with van der Waals surface area (Å²) in [5.74, 6) is -0.0427. The van der Waals surface area contributed by atoms with Gasteiger partial charge in [0.05, 0.1) is 16.6 Å². The number of thiocarbonyl (C=S) groups is 1. The Morgan fingerprint density at radius 1 is 1.47 bits per heavy atom. The van der Waals surface area contributed by atoms with Gasteiger partial charge in [0, 0.05) is 11.9 Å². The Balaban J connectivity index is 2.77. The van der Waals surface area contributed by atoms with Crippen molar-refractivity contribution in [2.45, 2.75) is 26.8 Å². The maximum atomic E-state index is 11.9. The third-order valence-corrected chi connectivity index (χ3v) is 2.69. The molecule has 0 bridgehead atoms. The molecule has 5 heteroatoms. The number of hydrogen-bond donors (Lipinski definition) is 2. The van der Waals surface area contributed by atoms with Crippen LogP contribution in [0.15, 0.2) is 18.3 Å². The van der Waals surface area contributed by atoms with E-state index in [1.165, 1.54) is 0 Å². The van der Waals surface area contributed by atoms with E-state index in [2.05, 4.69) is 10.3 Å². The van der Waals surface area contributed by atoms with E-state index in [0.717, 1.165) is 5.69 Å². The fourth-order valence-electron chi connectivity index (χ4n) is 1.39. The van der Waals surface area contributed by atoms with Crippen LogP contribution in [0.25, 0.3) is 0 Å². The lowest BCUT2D eigenvalue weighted by atomic mass is 10.0. The molecule has 0 aromatic carbocycles. The zero-order valence-corrected chi connectivity index (χ0v) is 11.0. The summed E-state index contributed by atoms with van der Waals surface area (Å²) in [5, 5.41) is 2.81. The average Bonchev–Trinajstić information content (AvgIpc) is 2.25. The van der Waals surface area contributed by atoms with Crippen LogP contribution in [0, 0.1) is 12.8 Å². The highest BCUT2D eigenvalue weighted by atomic mass is 32.1. The van der Waals surface area contributed by atoms with E-state index < -0.39 is 0 Å². The number of aryl methyl sites for hydroxylation is 1. The first-order chi connectivity index (χ1) is 7.91. The molecule has 1 heterocycles. The van der Waals surface area contributed by atoms with Crippen molar-refractivity contribution < 1.29 is 4.79 Å². The number of nitrogens with zero attached hydrogens (tertiary/aromatic N) is 1. The second-order valence-corrected chi connectivity index (χ2v) is 4.76. The van der Waals surface area contributed by atoms with Crippen molar-refractivity contribution in [2.24, 2.45) is 11.7 Å². The van der Waals surface area contributed by atoms with Crippen molar-refractivity contribution >= 4 is 23.1 Å². The first-order valence-electron chi connectivity index (χ1n) is 5.44. The summed E-state index contributed by atoms with van der Waals surface area (Å²) in [6.07, 6.45) is 1.54. The van der Waals surface area contributed by atoms with Gasteiger partial charge >= 0.3 is 0 Å². The number of nitrogens with one attached hydrogen (secondary N) is 1. The number of amides is 1. The lowest BCUT2D eigenvalue weighted by Gasteiger charge is -2.20. The average molecular weight is 251 g/mol. The van der Waals surface area contributed by atoms with E-state index in [1.54, 1.807) is 18.3 Å². The highest BCUT2D eigenvalue weighted by Gasteiger charge is 2.19. The summed E-state index contributed by atoms with van der Waals surface area (Å²) in [5.41, 5.74) is 6.97. The molecule has 0 fully saturated rings. The first kappa shape index (κ1) is 13.6. The van der Waals surface area contributed by atoms with Crippen LogP contribution in [0.2, 0.25) is 0 Å². The Bertz CT molecular complexity index is 414. The molecule has 3 N–H and O–H groups in total. The van der Waals surface area contributed by atoms with Gasteiger partial charge in [-0.15, -0.1) is 0 Å². The number of aromatic nitrogens is 1. The number of carbonyl (C=O) groups excluding carboxylic acids is 1. The molecule has 0 spiro atoms. The van der Waals surface area contributed by atoms with Crippen LogP contribution in [0.1, 0.15) is 29.9 Å². The standard InChI is InChI=1S/C12H17N3OS/c1-7(2)10(11(13)17)15-12(16)9-5-4-8(3)14-6-9/h4-7,10H,1-3H3,(H2,13,17)(H,15,16). The maximum absolute atomic E-state index is 11.9. The van der Waals surface area contributed by atoms with Crippen LogP contribution in [-0.2, 0) is 0 Å². The molecule has 0 radical (unpaired) electrons. The van der Waals surface area contributed by atoms with Crippen LogP contribution in [-0.4, -0.2) is 21.9 Å². The van der Waals surface area contributed by atoms with Crippen molar-refractivity contribution in [1.29, 1.82) is 0 Å². The summed E-state index contributed by atoms with van der Waals surface area (Å²) >= 11 is 4.93. The monoisotopic (exact) mass is 251 g/mol. The summed E-state index contributed by atoms with van der Waals surface area (Å²) < 4.78 is 0. The summed E-state index contributed by atoms with van der Waals surface area (Å²) in [6.45, 7) is 5.78. The Hall–Kier alpha value is -1.49. The normalized spacial score (nSPS) is 12.2. The van der Waals surface area contributed by atoms with Gasteiger partial charge < -0.3 is 11.1 Å². The highest BCUT2D eigenvalue weighted by molar-refractivity contribution is 7.80. The zero-order valence-electron chi connectivity index (χ0n) is 10.2. The molecule has 92 valence electrons. The van der Waals surface area contributed by atoms with Gasteiger partial charge in [-0.1, -0.05) is 26.1 Å². The number of hydrogen-bond acceptors (Lipinski definition) is 3. The first-order valence-corrected chi connectivity index (χ1v) is 5.85. The lowest BCUT2D eigenvalue weighted by molar-refractivity contribution is 0.0939. The molecule has 1 unspecified atom stereocenters. The molecule has 0 aliphatic heterocycles. The predicted molar refractivity (Wildman–Crippen MR) is 71.9 cm³/mol. The largest absolute Gasteiger partial charge is 0.392 e. The lowest BCUT2D eigenvalue weighted by Crippen LogP contribution is -2.46. The van der Waals surface area contributed by atoms with Crippen LogP contribution >= 0.6 is 12.2 Å². The molecule has 0 saturated heterocycles. The minimum absolute atomic E-state index is 0.162. The van der Waals surface area contributed by atoms with Crippen molar-refractivity contribution in [1.82, 2.24) is 10.3 Å². The third-order valence-electron chi connectivity index (χ3n) is 2.43. The molecule has 0 saturated carbocycles. The smallest absolute Gasteiger partial charge is 0.253 e. The van der Waals surface area contributed by atoms with Gasteiger partial charge in [0.25, 0.3) is 5.91 Å². The van der Waals surface area contributed by atoms with Crippen molar-refractivity contribution in [3.05, 3.63) is 29.6 Å². The van der Waals surface area contributed by atoms with E-state index in [1.807, 2.05) is 20.8 Å². The van der Waals surface area contributed by atoms with Crippen molar-refractivity contribution in [3.8, 4) is 0 Å². The van der Waals surface area contributed by atoms with Crippen LogP contribution in [0.5, 0.6) is 0 Å². The molecule has 0 aliphatic carbocycles. The van der Waals surface area contributed by atoms with Gasteiger partial charge in [-0.3, -0.25) is 9.78 Å². The molecule has 1 amide bonds. The predicted octanol–water partition coefficient (Wildman–Crippen LogP) is 1.43. The Morgan fingerprint density at radius 3 is 2.53 bits per heavy atom. The maximum Gasteiger partial charge on any atom is 0.253 e. The fraction of sp³-hybridized carbons (Fsp3) is 0.417. The quantitative estimate of drug-likeness (QED) is 0.794. The number of rotatable bonds is 4. The zero-order chi connectivity index (χ0) is 13.0.